The number of benzene rings is 2. The lowest BCUT2D eigenvalue weighted by atomic mass is 9.81. The zero-order valence-electron chi connectivity index (χ0n) is 19.4. The van der Waals surface area contributed by atoms with E-state index in [-0.39, 0.29) is 5.41 Å². The molecule has 0 bridgehead atoms. The fourth-order valence-corrected chi connectivity index (χ4v) is 4.29. The van der Waals surface area contributed by atoms with Crippen molar-refractivity contribution < 1.29 is 14.5 Å². The smallest absolute Gasteiger partial charge is 0.209 e. The summed E-state index contributed by atoms with van der Waals surface area (Å²) in [7, 11) is 2.16. The molecule has 0 N–H and O–H groups in total. The maximum atomic E-state index is 8.89. The maximum Gasteiger partial charge on any atom is 0.209 e. The maximum absolute atomic E-state index is 8.89. The minimum atomic E-state index is -1.08. The topological polar surface area (TPSA) is 46.4 Å². The van der Waals surface area contributed by atoms with Gasteiger partial charge in [-0.2, -0.15) is 4.58 Å². The van der Waals surface area contributed by atoms with Crippen molar-refractivity contribution in [1.29, 1.82) is 0 Å². The second-order valence-electron chi connectivity index (χ2n) is 8.22. The molecule has 1 aliphatic heterocycles. The number of fused-ring (bicyclic) bond motifs is 1. The van der Waals surface area contributed by atoms with E-state index in [1.54, 1.807) is 0 Å². The summed E-state index contributed by atoms with van der Waals surface area (Å²) in [6, 6.07) is 15.4. The zero-order valence-corrected chi connectivity index (χ0v) is 20.2. The van der Waals surface area contributed by atoms with Gasteiger partial charge >= 0.3 is 0 Å². The first kappa shape index (κ1) is 24.7. The number of hydrogen-bond donors (Lipinski definition) is 0. The van der Waals surface area contributed by atoms with Crippen molar-refractivity contribution in [3.8, 4) is 0 Å². The molecular weight excluding hydrogens is 408 g/mol. The van der Waals surface area contributed by atoms with Gasteiger partial charge in [0.05, 0.1) is 5.41 Å². The van der Waals surface area contributed by atoms with Gasteiger partial charge in [-0.25, -0.2) is 0 Å². The Kier molecular flexibility index (Phi) is 8.46. The van der Waals surface area contributed by atoms with Gasteiger partial charge in [0.25, 0.3) is 0 Å². The van der Waals surface area contributed by atoms with Gasteiger partial charge in [-0.1, -0.05) is 24.3 Å². The number of aliphatic carboxylic acids is 1. The van der Waals surface area contributed by atoms with Crippen LogP contribution >= 0.6 is 11.6 Å². The molecule has 0 radical (unpaired) electrons. The molecule has 0 saturated heterocycles. The summed E-state index contributed by atoms with van der Waals surface area (Å²) in [5.41, 5.74) is 7.81. The predicted octanol–water partition coefficient (Wildman–Crippen LogP) is 4.54. The van der Waals surface area contributed by atoms with Gasteiger partial charge in [-0.3, -0.25) is 0 Å². The van der Waals surface area contributed by atoms with Crippen LogP contribution in [0.4, 0.5) is 11.4 Å². The molecule has 0 atom stereocenters. The fraction of sp³-hybridized carbons (Fsp3) is 0.385. The third-order valence-electron chi connectivity index (χ3n) is 5.72. The first-order valence-electron chi connectivity index (χ1n) is 10.6. The van der Waals surface area contributed by atoms with Crippen LogP contribution < -0.4 is 10.0 Å². The number of alkyl halides is 1. The molecule has 0 spiro atoms. The summed E-state index contributed by atoms with van der Waals surface area (Å²) < 4.78 is 2.31. The van der Waals surface area contributed by atoms with Crippen molar-refractivity contribution in [3.63, 3.8) is 0 Å². The Hall–Kier alpha value is -2.59. The van der Waals surface area contributed by atoms with Crippen LogP contribution in [0.5, 0.6) is 0 Å². The van der Waals surface area contributed by atoms with Crippen LogP contribution in [0.2, 0.25) is 0 Å². The van der Waals surface area contributed by atoms with Gasteiger partial charge < -0.3 is 14.8 Å². The third-order valence-corrected chi connectivity index (χ3v) is 5.88. The molecule has 1 aliphatic rings. The normalized spacial score (nSPS) is 14.3. The highest BCUT2D eigenvalue weighted by atomic mass is 35.5. The Balaban J connectivity index is 0.000000785. The number of hydrogen-bond acceptors (Lipinski definition) is 3. The van der Waals surface area contributed by atoms with Gasteiger partial charge in [0.2, 0.25) is 5.69 Å². The second kappa shape index (κ2) is 10.6. The van der Waals surface area contributed by atoms with Crippen molar-refractivity contribution in [2.24, 2.45) is 0 Å². The van der Waals surface area contributed by atoms with E-state index in [9.17, 15) is 0 Å². The monoisotopic (exact) mass is 440 g/mol. The summed E-state index contributed by atoms with van der Waals surface area (Å²) >= 11 is 5.94. The van der Waals surface area contributed by atoms with Gasteiger partial charge in [-0.05, 0) is 64.0 Å². The minimum Gasteiger partial charge on any atom is -0.550 e. The number of carbonyl (C=O) groups is 1. The van der Waals surface area contributed by atoms with Crippen LogP contribution in [0.15, 0.2) is 48.5 Å². The van der Waals surface area contributed by atoms with Crippen LogP contribution in [-0.2, 0) is 10.2 Å². The molecule has 3 rings (SSSR count). The summed E-state index contributed by atoms with van der Waals surface area (Å²) in [4.78, 5) is 11.2. The molecule has 2 aromatic carbocycles. The molecule has 2 aromatic rings. The number of carbonyl (C=O) groups excluding carboxylic acids is 1. The molecule has 1 heterocycles. The summed E-state index contributed by atoms with van der Waals surface area (Å²) in [5.74, 6) is -0.436. The first-order chi connectivity index (χ1) is 14.6. The van der Waals surface area contributed by atoms with Gasteiger partial charge in [0.1, 0.15) is 7.05 Å². The van der Waals surface area contributed by atoms with Crippen LogP contribution in [0.1, 0.15) is 44.4 Å². The van der Waals surface area contributed by atoms with Crippen molar-refractivity contribution in [3.05, 3.63) is 65.2 Å². The van der Waals surface area contributed by atoms with Crippen molar-refractivity contribution in [1.82, 2.24) is 0 Å². The minimum absolute atomic E-state index is 0.00897. The van der Waals surface area contributed by atoms with E-state index >= 15 is 0 Å². The van der Waals surface area contributed by atoms with Crippen molar-refractivity contribution in [2.75, 3.05) is 30.9 Å². The van der Waals surface area contributed by atoms with E-state index in [0.717, 1.165) is 20.0 Å². The number of halogens is 1. The molecule has 31 heavy (non-hydrogen) atoms. The fourth-order valence-electron chi connectivity index (χ4n) is 4.09. The summed E-state index contributed by atoms with van der Waals surface area (Å²) in [5, 5.41) is 8.89. The van der Waals surface area contributed by atoms with Gasteiger partial charge in [0.15, 0.2) is 5.71 Å². The Morgan fingerprint density at radius 1 is 1.19 bits per heavy atom. The lowest BCUT2D eigenvalue weighted by Crippen LogP contribution is -2.26. The number of aryl methyl sites for hydroxylation is 1. The third kappa shape index (κ3) is 5.76. The largest absolute Gasteiger partial charge is 0.550 e. The summed E-state index contributed by atoms with van der Waals surface area (Å²) in [6.07, 6.45) is 4.52. The molecule has 5 heteroatoms. The highest BCUT2D eigenvalue weighted by Crippen LogP contribution is 2.39. The molecule has 0 amide bonds. The molecular formula is C26H33ClN2O2. The molecule has 0 aromatic heterocycles. The quantitative estimate of drug-likeness (QED) is 0.489. The Bertz CT molecular complexity index is 989. The second-order valence-corrected chi connectivity index (χ2v) is 8.60. The number of carboxylic acids is 1. The number of carboxylic acid groups (broad SMARTS) is 1. The number of para-hydroxylation sites is 1. The molecule has 0 aliphatic carbocycles. The molecule has 0 unspecified atom stereocenters. The van der Waals surface area contributed by atoms with Crippen molar-refractivity contribution in [2.45, 2.75) is 40.0 Å². The highest BCUT2D eigenvalue weighted by molar-refractivity contribution is 6.18. The van der Waals surface area contributed by atoms with E-state index in [2.05, 4.69) is 98.8 Å². The van der Waals surface area contributed by atoms with Gasteiger partial charge in [0, 0.05) is 48.3 Å². The predicted molar refractivity (Wildman–Crippen MR) is 130 cm³/mol. The van der Waals surface area contributed by atoms with E-state index in [0.29, 0.717) is 5.88 Å². The lowest BCUT2D eigenvalue weighted by molar-refractivity contribution is -0.401. The van der Waals surface area contributed by atoms with Crippen molar-refractivity contribution >= 4 is 40.7 Å². The van der Waals surface area contributed by atoms with Gasteiger partial charge in [-0.15, -0.1) is 11.6 Å². The number of rotatable bonds is 6. The first-order valence-corrected chi connectivity index (χ1v) is 11.1. The van der Waals surface area contributed by atoms with E-state index in [1.807, 2.05) is 0 Å². The highest BCUT2D eigenvalue weighted by Gasteiger charge is 2.42. The number of allylic oxidation sites excluding steroid dienone is 1. The number of nitrogens with zero attached hydrogens (tertiary/aromatic N) is 2. The molecule has 0 fully saturated rings. The lowest BCUT2D eigenvalue weighted by Gasteiger charge is -2.22. The van der Waals surface area contributed by atoms with Crippen LogP contribution in [0, 0.1) is 6.92 Å². The van der Waals surface area contributed by atoms with E-state index < -0.39 is 5.97 Å². The average Bonchev–Trinajstić information content (AvgIpc) is 2.91. The molecule has 0 saturated carbocycles. The average molecular weight is 441 g/mol. The van der Waals surface area contributed by atoms with E-state index in [1.165, 1.54) is 33.8 Å². The van der Waals surface area contributed by atoms with E-state index in [4.69, 9.17) is 21.5 Å². The SMILES string of the molecule is CC(=O)[O-].CCN(CCCl)c1ccc(/C=C/C2=[N+](C)c3ccccc3C2(C)C)c(C)c1. The van der Waals surface area contributed by atoms with Crippen LogP contribution in [-0.4, -0.2) is 42.3 Å². The molecule has 166 valence electrons. The Morgan fingerprint density at radius 3 is 2.39 bits per heavy atom. The summed E-state index contributed by atoms with van der Waals surface area (Å²) in [6.45, 7) is 11.8. The Labute approximate surface area is 191 Å². The molecule has 4 nitrogen and oxygen atoms in total. The standard InChI is InChI=1S/C24H30ClN2.C2H4O2/c1-6-27(16-15-25)20-13-11-19(18(2)17-20)12-14-23-24(3,4)21-9-7-8-10-22(21)26(23)5;1-2(3)4/h7-14,17H,6,15-16H2,1-5H3;1H3,(H,3,4)/q+1;/p-1. The van der Waals surface area contributed by atoms with Crippen LogP contribution in [0.3, 0.4) is 0 Å². The number of anilines is 1. The van der Waals surface area contributed by atoms with Crippen LogP contribution in [0.25, 0.3) is 6.08 Å². The zero-order chi connectivity index (χ0) is 23.2. The Morgan fingerprint density at radius 2 is 1.84 bits per heavy atom.